The van der Waals surface area contributed by atoms with Crippen molar-refractivity contribution >= 4 is 5.69 Å². The number of hydrogen-bond acceptors (Lipinski definition) is 2. The summed E-state index contributed by atoms with van der Waals surface area (Å²) in [5, 5.41) is 0. The van der Waals surface area contributed by atoms with Crippen LogP contribution in [0.3, 0.4) is 0 Å². The standard InChI is InChI=1S/C14H21NO/c1-14(2,3)11-5-7-12(8-6-11)15-9-13(10-15)16-4/h5-8,13H,9-10H2,1-4H3. The molecule has 1 saturated heterocycles. The van der Waals surface area contributed by atoms with Crippen LogP contribution < -0.4 is 4.90 Å². The van der Waals surface area contributed by atoms with Crippen LogP contribution in [0.4, 0.5) is 5.69 Å². The van der Waals surface area contributed by atoms with Crippen LogP contribution in [-0.2, 0) is 10.2 Å². The van der Waals surface area contributed by atoms with Crippen LogP contribution in [0.2, 0.25) is 0 Å². The monoisotopic (exact) mass is 219 g/mol. The largest absolute Gasteiger partial charge is 0.378 e. The van der Waals surface area contributed by atoms with Crippen molar-refractivity contribution in [2.24, 2.45) is 0 Å². The Bertz CT molecular complexity index is 344. The molecule has 0 bridgehead atoms. The average molecular weight is 219 g/mol. The minimum absolute atomic E-state index is 0.239. The Hall–Kier alpha value is -1.02. The summed E-state index contributed by atoms with van der Waals surface area (Å²) in [5.74, 6) is 0. The Morgan fingerprint density at radius 2 is 1.69 bits per heavy atom. The first-order valence-electron chi connectivity index (χ1n) is 5.89. The van der Waals surface area contributed by atoms with E-state index in [0.29, 0.717) is 6.10 Å². The molecule has 0 atom stereocenters. The van der Waals surface area contributed by atoms with Crippen LogP contribution in [0.5, 0.6) is 0 Å². The van der Waals surface area contributed by atoms with Gasteiger partial charge in [0.15, 0.2) is 0 Å². The molecule has 0 unspecified atom stereocenters. The lowest BCUT2D eigenvalue weighted by atomic mass is 9.87. The Kier molecular flexibility index (Phi) is 2.94. The maximum Gasteiger partial charge on any atom is 0.0920 e. The fourth-order valence-corrected chi connectivity index (χ4v) is 1.97. The van der Waals surface area contributed by atoms with Crippen LogP contribution in [-0.4, -0.2) is 26.3 Å². The van der Waals surface area contributed by atoms with Gasteiger partial charge in [0.1, 0.15) is 0 Å². The molecule has 1 aromatic carbocycles. The highest BCUT2D eigenvalue weighted by atomic mass is 16.5. The molecule has 0 radical (unpaired) electrons. The predicted molar refractivity (Wildman–Crippen MR) is 68.2 cm³/mol. The van der Waals surface area contributed by atoms with E-state index in [-0.39, 0.29) is 5.41 Å². The second-order valence-electron chi connectivity index (χ2n) is 5.56. The van der Waals surface area contributed by atoms with Crippen molar-refractivity contribution in [1.82, 2.24) is 0 Å². The van der Waals surface area contributed by atoms with E-state index < -0.39 is 0 Å². The minimum atomic E-state index is 0.239. The van der Waals surface area contributed by atoms with Gasteiger partial charge in [-0.25, -0.2) is 0 Å². The lowest BCUT2D eigenvalue weighted by Gasteiger charge is -2.40. The maximum absolute atomic E-state index is 5.27. The number of methoxy groups -OCH3 is 1. The van der Waals surface area contributed by atoms with Crippen molar-refractivity contribution in [1.29, 1.82) is 0 Å². The zero-order valence-electron chi connectivity index (χ0n) is 10.7. The van der Waals surface area contributed by atoms with Crippen molar-refractivity contribution in [3.05, 3.63) is 29.8 Å². The third-order valence-electron chi connectivity index (χ3n) is 3.28. The lowest BCUT2D eigenvalue weighted by Crippen LogP contribution is -2.51. The van der Waals surface area contributed by atoms with Gasteiger partial charge in [-0.05, 0) is 23.1 Å². The fraction of sp³-hybridized carbons (Fsp3) is 0.571. The molecule has 0 aliphatic carbocycles. The molecule has 0 spiro atoms. The molecule has 0 amide bonds. The highest BCUT2D eigenvalue weighted by Crippen LogP contribution is 2.27. The molecule has 0 N–H and O–H groups in total. The van der Waals surface area contributed by atoms with Gasteiger partial charge in [0.05, 0.1) is 6.10 Å². The first kappa shape index (κ1) is 11.5. The molecule has 1 aromatic rings. The zero-order valence-corrected chi connectivity index (χ0v) is 10.7. The molecule has 2 heteroatoms. The van der Waals surface area contributed by atoms with E-state index in [1.54, 1.807) is 7.11 Å². The molecule has 0 aromatic heterocycles. The van der Waals surface area contributed by atoms with Gasteiger partial charge in [-0.3, -0.25) is 0 Å². The summed E-state index contributed by atoms with van der Waals surface area (Å²) in [6, 6.07) is 8.89. The van der Waals surface area contributed by atoms with Gasteiger partial charge < -0.3 is 9.64 Å². The second-order valence-corrected chi connectivity index (χ2v) is 5.56. The zero-order chi connectivity index (χ0) is 11.8. The molecule has 1 fully saturated rings. The fourth-order valence-electron chi connectivity index (χ4n) is 1.97. The van der Waals surface area contributed by atoms with Crippen molar-refractivity contribution in [3.63, 3.8) is 0 Å². The molecule has 1 aliphatic heterocycles. The Balaban J connectivity index is 2.04. The van der Waals surface area contributed by atoms with Gasteiger partial charge in [0.25, 0.3) is 0 Å². The molecule has 2 rings (SSSR count). The van der Waals surface area contributed by atoms with Gasteiger partial charge in [0.2, 0.25) is 0 Å². The maximum atomic E-state index is 5.27. The Morgan fingerprint density at radius 1 is 1.12 bits per heavy atom. The molecule has 1 aliphatic rings. The third-order valence-corrected chi connectivity index (χ3v) is 3.28. The van der Waals surface area contributed by atoms with Crippen LogP contribution in [0.25, 0.3) is 0 Å². The Labute approximate surface area is 98.2 Å². The van der Waals surface area contributed by atoms with Gasteiger partial charge >= 0.3 is 0 Å². The van der Waals surface area contributed by atoms with Crippen molar-refractivity contribution in [2.75, 3.05) is 25.1 Å². The summed E-state index contributed by atoms with van der Waals surface area (Å²) in [6.07, 6.45) is 0.419. The van der Waals surface area contributed by atoms with Gasteiger partial charge in [-0.15, -0.1) is 0 Å². The van der Waals surface area contributed by atoms with Crippen LogP contribution in [0.1, 0.15) is 26.3 Å². The Morgan fingerprint density at radius 3 is 2.12 bits per heavy atom. The normalized spacial score (nSPS) is 17.4. The van der Waals surface area contributed by atoms with Crippen LogP contribution in [0, 0.1) is 0 Å². The molecule has 0 saturated carbocycles. The molecular formula is C14H21NO. The minimum Gasteiger partial charge on any atom is -0.378 e. The van der Waals surface area contributed by atoms with E-state index in [9.17, 15) is 0 Å². The molecule has 88 valence electrons. The smallest absolute Gasteiger partial charge is 0.0920 e. The number of hydrogen-bond donors (Lipinski definition) is 0. The van der Waals surface area contributed by atoms with Gasteiger partial charge in [-0.1, -0.05) is 32.9 Å². The van der Waals surface area contributed by atoms with Gasteiger partial charge in [-0.2, -0.15) is 0 Å². The van der Waals surface area contributed by atoms with Crippen molar-refractivity contribution in [3.8, 4) is 0 Å². The summed E-state index contributed by atoms with van der Waals surface area (Å²) in [6.45, 7) is 8.77. The van der Waals surface area contributed by atoms with E-state index in [4.69, 9.17) is 4.74 Å². The SMILES string of the molecule is COC1CN(c2ccc(C(C)(C)C)cc2)C1. The lowest BCUT2D eigenvalue weighted by molar-refractivity contribution is 0.0787. The van der Waals surface area contributed by atoms with Crippen LogP contribution in [0.15, 0.2) is 24.3 Å². The van der Waals surface area contributed by atoms with Crippen LogP contribution >= 0.6 is 0 Å². The van der Waals surface area contributed by atoms with Crippen molar-refractivity contribution in [2.45, 2.75) is 32.3 Å². The number of anilines is 1. The van der Waals surface area contributed by atoms with E-state index in [0.717, 1.165) is 13.1 Å². The number of rotatable bonds is 2. The number of ether oxygens (including phenoxy) is 1. The van der Waals surface area contributed by atoms with E-state index >= 15 is 0 Å². The third kappa shape index (κ3) is 2.22. The van der Waals surface area contributed by atoms with E-state index in [1.807, 2.05) is 0 Å². The molecule has 16 heavy (non-hydrogen) atoms. The summed E-state index contributed by atoms with van der Waals surface area (Å²) in [7, 11) is 1.78. The molecule has 2 nitrogen and oxygen atoms in total. The summed E-state index contributed by atoms with van der Waals surface area (Å²) < 4.78 is 5.27. The summed E-state index contributed by atoms with van der Waals surface area (Å²) in [5.41, 5.74) is 2.93. The highest BCUT2D eigenvalue weighted by Gasteiger charge is 2.26. The second kappa shape index (κ2) is 4.10. The van der Waals surface area contributed by atoms with Gasteiger partial charge in [0, 0.05) is 25.9 Å². The highest BCUT2D eigenvalue weighted by molar-refractivity contribution is 5.51. The first-order chi connectivity index (χ1) is 7.50. The van der Waals surface area contributed by atoms with Crippen molar-refractivity contribution < 1.29 is 4.74 Å². The number of benzene rings is 1. The molecular weight excluding hydrogens is 198 g/mol. The summed E-state index contributed by atoms with van der Waals surface area (Å²) >= 11 is 0. The average Bonchev–Trinajstić information content (AvgIpc) is 2.15. The number of nitrogens with zero attached hydrogens (tertiary/aromatic N) is 1. The van der Waals surface area contributed by atoms with E-state index in [2.05, 4.69) is 49.9 Å². The summed E-state index contributed by atoms with van der Waals surface area (Å²) in [4.78, 5) is 2.35. The predicted octanol–water partition coefficient (Wildman–Crippen LogP) is 2.82. The topological polar surface area (TPSA) is 12.5 Å². The molecule has 1 heterocycles. The van der Waals surface area contributed by atoms with E-state index in [1.165, 1.54) is 11.3 Å². The first-order valence-corrected chi connectivity index (χ1v) is 5.89. The quantitative estimate of drug-likeness (QED) is 0.758.